The number of imide groups is 1. The molecule has 10 nitrogen and oxygen atoms in total. The molecule has 6 rings (SSSR count). The molecule has 2 N–H and O–H groups in total. The maximum absolute atomic E-state index is 14.0. The van der Waals surface area contributed by atoms with Gasteiger partial charge >= 0.3 is 10.8 Å². The van der Waals surface area contributed by atoms with E-state index >= 15 is 0 Å². The summed E-state index contributed by atoms with van der Waals surface area (Å²) in [7, 11) is 0. The van der Waals surface area contributed by atoms with E-state index in [-0.39, 0.29) is 24.0 Å². The van der Waals surface area contributed by atoms with Crippen molar-refractivity contribution in [2.75, 3.05) is 23.4 Å². The zero-order valence-electron chi connectivity index (χ0n) is 23.7. The van der Waals surface area contributed by atoms with Crippen LogP contribution < -0.4 is 19.8 Å². The molecule has 2 aliphatic rings. The highest BCUT2D eigenvalue weighted by atomic mass is 32.2. The summed E-state index contributed by atoms with van der Waals surface area (Å²) in [5.41, 5.74) is 3.06. The standard InChI is InChI=1S/C32H27N3O7S2/c1-3-41-31(39)18-9-13-21(14-10-18)35-29(37)25-24(26-28(34-32(40)44-26)43-27(25)30(35)38)19-5-4-6-22(15-19)42-16-23(36)33-20-11-7-17(2)8-12-20/h4-15,24-25,27H,3,16H2,1-2H3,(H,33,36)(H,34,40). The van der Waals surface area contributed by atoms with Gasteiger partial charge in [0.05, 0.1) is 28.8 Å². The maximum Gasteiger partial charge on any atom is 0.338 e. The Balaban J connectivity index is 1.26. The molecule has 0 bridgehead atoms. The van der Waals surface area contributed by atoms with Crippen LogP contribution in [0.3, 0.4) is 0 Å². The summed E-state index contributed by atoms with van der Waals surface area (Å²) in [6.45, 7) is 3.66. The summed E-state index contributed by atoms with van der Waals surface area (Å²) in [6, 6.07) is 20.6. The zero-order valence-corrected chi connectivity index (χ0v) is 25.3. The first-order chi connectivity index (χ1) is 21.2. The molecule has 12 heteroatoms. The van der Waals surface area contributed by atoms with Gasteiger partial charge in [-0.05, 0) is 67.9 Å². The second-order valence-corrected chi connectivity index (χ2v) is 12.5. The number of hydrogen-bond acceptors (Lipinski definition) is 9. The van der Waals surface area contributed by atoms with E-state index in [1.807, 2.05) is 37.3 Å². The van der Waals surface area contributed by atoms with Crippen LogP contribution in [0.5, 0.6) is 5.75 Å². The van der Waals surface area contributed by atoms with Crippen molar-refractivity contribution in [2.24, 2.45) is 5.92 Å². The molecule has 1 aromatic heterocycles. The number of aromatic amines is 1. The number of H-pyrrole nitrogens is 1. The van der Waals surface area contributed by atoms with Gasteiger partial charge in [0.15, 0.2) is 6.61 Å². The van der Waals surface area contributed by atoms with Crippen molar-refractivity contribution in [3.8, 4) is 5.75 Å². The van der Waals surface area contributed by atoms with Crippen molar-refractivity contribution in [3.63, 3.8) is 0 Å². The van der Waals surface area contributed by atoms with Crippen LogP contribution >= 0.6 is 23.1 Å². The lowest BCUT2D eigenvalue weighted by molar-refractivity contribution is -0.122. The molecule has 1 fully saturated rings. The van der Waals surface area contributed by atoms with E-state index in [0.29, 0.717) is 38.2 Å². The van der Waals surface area contributed by atoms with Crippen molar-refractivity contribution in [1.82, 2.24) is 4.98 Å². The molecule has 0 spiro atoms. The van der Waals surface area contributed by atoms with Gasteiger partial charge < -0.3 is 19.8 Å². The molecule has 3 heterocycles. The van der Waals surface area contributed by atoms with Crippen LogP contribution in [0.25, 0.3) is 0 Å². The van der Waals surface area contributed by atoms with Crippen molar-refractivity contribution in [3.05, 3.63) is 104 Å². The Bertz CT molecular complexity index is 1810. The van der Waals surface area contributed by atoms with Crippen LogP contribution in [0, 0.1) is 12.8 Å². The Hall–Kier alpha value is -4.68. The molecule has 0 radical (unpaired) electrons. The van der Waals surface area contributed by atoms with Crippen LogP contribution in [-0.4, -0.2) is 47.1 Å². The number of aromatic nitrogens is 1. The monoisotopic (exact) mass is 629 g/mol. The Morgan fingerprint density at radius 1 is 0.977 bits per heavy atom. The van der Waals surface area contributed by atoms with Crippen LogP contribution in [0.15, 0.2) is 82.6 Å². The zero-order chi connectivity index (χ0) is 31.0. The SMILES string of the molecule is CCOC(=O)c1ccc(N2C(=O)C3Sc4[nH]c(=O)sc4C(c4cccc(OCC(=O)Nc5ccc(C)cc5)c4)C3C2=O)cc1. The number of amides is 3. The van der Waals surface area contributed by atoms with Gasteiger partial charge in [-0.3, -0.25) is 19.2 Å². The summed E-state index contributed by atoms with van der Waals surface area (Å²) in [5, 5.41) is 2.57. The minimum atomic E-state index is -0.795. The number of fused-ring (bicyclic) bond motifs is 2. The molecule has 4 aromatic rings. The number of hydrogen-bond donors (Lipinski definition) is 2. The van der Waals surface area contributed by atoms with E-state index in [2.05, 4.69) is 10.3 Å². The molecule has 1 saturated heterocycles. The predicted molar refractivity (Wildman–Crippen MR) is 167 cm³/mol. The number of anilines is 2. The quantitative estimate of drug-likeness (QED) is 0.211. The number of thiazole rings is 1. The lowest BCUT2D eigenvalue weighted by atomic mass is 9.83. The lowest BCUT2D eigenvalue weighted by Gasteiger charge is -2.30. The number of nitrogens with one attached hydrogen (secondary N) is 2. The second-order valence-electron chi connectivity index (χ2n) is 10.3. The fourth-order valence-corrected chi connectivity index (χ4v) is 7.89. The molecular formula is C32H27N3O7S2. The Morgan fingerprint density at radius 2 is 1.73 bits per heavy atom. The van der Waals surface area contributed by atoms with E-state index < -0.39 is 34.9 Å². The van der Waals surface area contributed by atoms with Gasteiger partial charge in [-0.2, -0.15) is 0 Å². The van der Waals surface area contributed by atoms with Crippen LogP contribution in [0.4, 0.5) is 11.4 Å². The number of benzene rings is 3. The normalized spacial score (nSPS) is 18.9. The summed E-state index contributed by atoms with van der Waals surface area (Å²) < 4.78 is 10.8. The van der Waals surface area contributed by atoms with Crippen LogP contribution in [0.1, 0.15) is 39.2 Å². The lowest BCUT2D eigenvalue weighted by Crippen LogP contribution is -2.32. The van der Waals surface area contributed by atoms with Gasteiger partial charge in [0.25, 0.3) is 5.91 Å². The molecule has 3 atom stereocenters. The van der Waals surface area contributed by atoms with Gasteiger partial charge in [-0.25, -0.2) is 9.69 Å². The predicted octanol–water partition coefficient (Wildman–Crippen LogP) is 4.73. The van der Waals surface area contributed by atoms with Crippen LogP contribution in [-0.2, 0) is 19.1 Å². The molecule has 0 aliphatic carbocycles. The Morgan fingerprint density at radius 3 is 2.45 bits per heavy atom. The fourth-order valence-electron chi connectivity index (χ4n) is 5.37. The highest BCUT2D eigenvalue weighted by Gasteiger charge is 2.56. The van der Waals surface area contributed by atoms with Gasteiger partial charge in [0.2, 0.25) is 11.8 Å². The Kier molecular flexibility index (Phi) is 8.11. The van der Waals surface area contributed by atoms with Gasteiger partial charge in [0.1, 0.15) is 11.0 Å². The first-order valence-electron chi connectivity index (χ1n) is 13.9. The van der Waals surface area contributed by atoms with E-state index in [4.69, 9.17) is 9.47 Å². The van der Waals surface area contributed by atoms with E-state index in [1.165, 1.54) is 23.9 Å². The largest absolute Gasteiger partial charge is 0.484 e. The summed E-state index contributed by atoms with van der Waals surface area (Å²) in [6.07, 6.45) is 0. The number of ether oxygens (including phenoxy) is 2. The number of aryl methyl sites for hydroxylation is 1. The average molecular weight is 630 g/mol. The molecule has 0 saturated carbocycles. The van der Waals surface area contributed by atoms with E-state index in [9.17, 15) is 24.0 Å². The molecule has 44 heavy (non-hydrogen) atoms. The van der Waals surface area contributed by atoms with Crippen molar-refractivity contribution >= 4 is 58.2 Å². The van der Waals surface area contributed by atoms with Crippen molar-refractivity contribution in [2.45, 2.75) is 30.0 Å². The van der Waals surface area contributed by atoms with E-state index in [0.717, 1.165) is 21.8 Å². The maximum atomic E-state index is 14.0. The van der Waals surface area contributed by atoms with Gasteiger partial charge in [-0.1, -0.05) is 52.9 Å². The minimum Gasteiger partial charge on any atom is -0.484 e. The van der Waals surface area contributed by atoms with Crippen LogP contribution in [0.2, 0.25) is 0 Å². The number of rotatable bonds is 8. The number of esters is 1. The van der Waals surface area contributed by atoms with Gasteiger partial charge in [-0.15, -0.1) is 0 Å². The molecule has 3 aromatic carbocycles. The van der Waals surface area contributed by atoms with Crippen molar-refractivity contribution in [1.29, 1.82) is 0 Å². The molecule has 2 aliphatic heterocycles. The number of thioether (sulfide) groups is 1. The highest BCUT2D eigenvalue weighted by Crippen LogP contribution is 2.53. The van der Waals surface area contributed by atoms with E-state index in [1.54, 1.807) is 37.3 Å². The summed E-state index contributed by atoms with van der Waals surface area (Å²) in [5.74, 6) is -2.63. The fraction of sp³-hybridized carbons (Fsp3) is 0.219. The Labute approximate surface area is 260 Å². The molecule has 3 amide bonds. The molecular weight excluding hydrogens is 603 g/mol. The average Bonchev–Trinajstić information content (AvgIpc) is 3.51. The van der Waals surface area contributed by atoms with Crippen molar-refractivity contribution < 1.29 is 28.7 Å². The first-order valence-corrected chi connectivity index (χ1v) is 15.6. The third-order valence-electron chi connectivity index (χ3n) is 7.38. The number of nitrogens with zero attached hydrogens (tertiary/aromatic N) is 1. The molecule has 3 unspecified atom stereocenters. The third-order valence-corrected chi connectivity index (χ3v) is 9.78. The highest BCUT2D eigenvalue weighted by molar-refractivity contribution is 8.00. The third kappa shape index (κ3) is 5.65. The first kappa shape index (κ1) is 29.4. The topological polar surface area (TPSA) is 135 Å². The summed E-state index contributed by atoms with van der Waals surface area (Å²) in [4.78, 5) is 69.1. The minimum absolute atomic E-state index is 0.227. The smallest absolute Gasteiger partial charge is 0.338 e. The molecule has 224 valence electrons. The number of carbonyl (C=O) groups is 4. The number of carbonyl (C=O) groups excluding carboxylic acids is 4. The van der Waals surface area contributed by atoms with Gasteiger partial charge in [0, 0.05) is 16.5 Å². The second kappa shape index (κ2) is 12.1. The summed E-state index contributed by atoms with van der Waals surface area (Å²) >= 11 is 2.18.